The lowest BCUT2D eigenvalue weighted by molar-refractivity contribution is -0.285. The highest BCUT2D eigenvalue weighted by atomic mass is 16.8. The lowest BCUT2D eigenvalue weighted by atomic mass is 10.2. The summed E-state index contributed by atoms with van der Waals surface area (Å²) in [7, 11) is 1.59. The molecule has 0 rings (SSSR count). The van der Waals surface area contributed by atoms with Gasteiger partial charge in [0, 0.05) is 26.4 Å². The van der Waals surface area contributed by atoms with Crippen LogP contribution in [0.3, 0.4) is 0 Å². The summed E-state index contributed by atoms with van der Waals surface area (Å²) in [6.45, 7) is 12.2. The molecule has 0 radical (unpaired) electrons. The van der Waals surface area contributed by atoms with E-state index >= 15 is 0 Å². The summed E-state index contributed by atoms with van der Waals surface area (Å²) in [6, 6.07) is 0. The second kappa shape index (κ2) is 17.3. The van der Waals surface area contributed by atoms with E-state index in [1.54, 1.807) is 7.05 Å². The van der Waals surface area contributed by atoms with Gasteiger partial charge in [-0.2, -0.15) is 0 Å². The Labute approximate surface area is 120 Å². The smallest absolute Gasteiger partial charge is 0.273 e. The van der Waals surface area contributed by atoms with Crippen LogP contribution in [0.1, 0.15) is 25.7 Å². The van der Waals surface area contributed by atoms with Crippen molar-refractivity contribution in [2.75, 3.05) is 20.2 Å². The maximum atomic E-state index is 11.3. The molecule has 7 heteroatoms. The molecule has 20 heavy (non-hydrogen) atoms. The van der Waals surface area contributed by atoms with Crippen LogP contribution in [0.25, 0.3) is 0 Å². The maximum Gasteiger partial charge on any atom is 0.273 e. The monoisotopic (exact) mass is 290 g/mol. The van der Waals surface area contributed by atoms with Gasteiger partial charge in [-0.05, 0) is 12.8 Å². The summed E-state index contributed by atoms with van der Waals surface area (Å²) in [4.78, 5) is 23.5. The fraction of sp³-hybridized carbons (Fsp3) is 0.538. The third-order valence-electron chi connectivity index (χ3n) is 2.12. The largest absolute Gasteiger partial charge is 0.395 e. The molecule has 0 atom stereocenters. The minimum atomic E-state index is -0.795. The van der Waals surface area contributed by atoms with Crippen LogP contribution < -0.4 is 0 Å². The number of nitrogens with zero attached hydrogens (tertiary/aromatic N) is 2. The molecule has 0 unspecified atom stereocenters. The Balaban J connectivity index is -0.000000656. The Bertz CT molecular complexity index is 257. The Kier molecular flexibility index (Phi) is 20.2. The van der Waals surface area contributed by atoms with Gasteiger partial charge < -0.3 is 10.0 Å². The Morgan fingerprint density at radius 1 is 0.950 bits per heavy atom. The van der Waals surface area contributed by atoms with Crippen molar-refractivity contribution in [3.8, 4) is 0 Å². The molecule has 0 spiro atoms. The zero-order chi connectivity index (χ0) is 16.6. The molecular weight excluding hydrogens is 264 g/mol. The molecule has 118 valence electrons. The lowest BCUT2D eigenvalue weighted by Gasteiger charge is -2.15. The molecule has 0 aromatic heterocycles. The number of amides is 2. The number of hydrogen-bond acceptors (Lipinski definition) is 5. The molecule has 0 bridgehead atoms. The first-order valence-electron chi connectivity index (χ1n) is 6.04. The third kappa shape index (κ3) is 14.4. The van der Waals surface area contributed by atoms with Crippen LogP contribution in [0.4, 0.5) is 0 Å². The van der Waals surface area contributed by atoms with Crippen LogP contribution in [0.2, 0.25) is 0 Å². The topological polar surface area (TPSA) is 101 Å². The van der Waals surface area contributed by atoms with E-state index in [0.717, 1.165) is 0 Å². The van der Waals surface area contributed by atoms with Crippen molar-refractivity contribution in [1.29, 1.82) is 0 Å². The Morgan fingerprint density at radius 2 is 1.35 bits per heavy atom. The molecule has 0 heterocycles. The number of rotatable bonds is 7. The summed E-state index contributed by atoms with van der Waals surface area (Å²) >= 11 is 0. The first kappa shape index (κ1) is 23.4. The van der Waals surface area contributed by atoms with Gasteiger partial charge in [0.15, 0.2) is 0 Å². The van der Waals surface area contributed by atoms with Gasteiger partial charge in [0.1, 0.15) is 0 Å². The van der Waals surface area contributed by atoms with E-state index in [1.807, 2.05) is 0 Å². The number of hydrogen-bond donors (Lipinski definition) is 3. The highest BCUT2D eigenvalue weighted by molar-refractivity contribution is 5.76. The molecule has 0 aliphatic heterocycles. The van der Waals surface area contributed by atoms with Crippen molar-refractivity contribution in [3.63, 3.8) is 0 Å². The molecule has 0 aliphatic carbocycles. The highest BCUT2D eigenvalue weighted by Crippen LogP contribution is 2.03. The quantitative estimate of drug-likeness (QED) is 0.283. The second-order valence-corrected chi connectivity index (χ2v) is 3.43. The summed E-state index contributed by atoms with van der Waals surface area (Å²) in [5.74, 6) is -0.900. The second-order valence-electron chi connectivity index (χ2n) is 3.43. The number of aliphatic hydroxyl groups is 1. The number of hydroxylamine groups is 2. The Morgan fingerprint density at radius 3 is 1.70 bits per heavy atom. The predicted molar refractivity (Wildman–Crippen MR) is 76.1 cm³/mol. The number of aliphatic hydroxyl groups excluding tert-OH is 1. The molecule has 2 amide bonds. The zero-order valence-electron chi connectivity index (χ0n) is 12.1. The van der Waals surface area contributed by atoms with Gasteiger partial charge in [0.2, 0.25) is 5.91 Å². The highest BCUT2D eigenvalue weighted by Gasteiger charge is 2.10. The van der Waals surface area contributed by atoms with Gasteiger partial charge in [-0.25, -0.2) is 0 Å². The van der Waals surface area contributed by atoms with Crippen molar-refractivity contribution in [2.24, 2.45) is 0 Å². The molecule has 0 fully saturated rings. The van der Waals surface area contributed by atoms with E-state index < -0.39 is 11.1 Å². The predicted octanol–water partition coefficient (Wildman–Crippen LogP) is 1.21. The van der Waals surface area contributed by atoms with Gasteiger partial charge >= 0.3 is 0 Å². The maximum absolute atomic E-state index is 11.3. The molecule has 7 nitrogen and oxygen atoms in total. The van der Waals surface area contributed by atoms with Crippen LogP contribution >= 0.6 is 0 Å². The number of carbonyl (C=O) groups excluding carboxylic acids is 2. The molecule has 0 aromatic rings. The first-order valence-corrected chi connectivity index (χ1v) is 6.04. The summed E-state index contributed by atoms with van der Waals surface area (Å²) in [5, 5.41) is 24.8. The van der Waals surface area contributed by atoms with Gasteiger partial charge in [0.05, 0.1) is 6.61 Å². The van der Waals surface area contributed by atoms with Gasteiger partial charge in [0.25, 0.3) is 5.91 Å². The van der Waals surface area contributed by atoms with Crippen molar-refractivity contribution in [2.45, 2.75) is 25.7 Å². The van der Waals surface area contributed by atoms with E-state index in [-0.39, 0.29) is 25.4 Å². The van der Waals surface area contributed by atoms with Gasteiger partial charge in [-0.1, -0.05) is 5.23 Å². The lowest BCUT2D eigenvalue weighted by Crippen LogP contribution is -2.29. The van der Waals surface area contributed by atoms with E-state index in [1.165, 1.54) is 4.90 Å². The number of likely N-dealkylation sites (N-methyl/N-ethyl adjacent to an activating group) is 1. The molecule has 0 saturated carbocycles. The summed E-state index contributed by atoms with van der Waals surface area (Å²) in [6.07, 6.45) is 1.17. The summed E-state index contributed by atoms with van der Waals surface area (Å²) < 4.78 is 0. The molecule has 3 N–H and O–H groups in total. The number of carbonyl (C=O) groups is 2. The van der Waals surface area contributed by atoms with Crippen molar-refractivity contribution >= 4 is 11.8 Å². The van der Waals surface area contributed by atoms with Crippen molar-refractivity contribution in [3.05, 3.63) is 26.3 Å². The van der Waals surface area contributed by atoms with Crippen LogP contribution in [0.15, 0.2) is 26.3 Å². The summed E-state index contributed by atoms with van der Waals surface area (Å²) in [5.41, 5.74) is 0. The van der Waals surface area contributed by atoms with E-state index in [0.29, 0.717) is 19.4 Å². The van der Waals surface area contributed by atoms with Gasteiger partial charge in [-0.3, -0.25) is 20.0 Å². The standard InChI is InChI=1S/C9H18N2O5.2C2H4/c1-10(6-7-12)8(13)4-2-3-5-9(14)11(15)16;2*1-2/h12,15-16H,2-7H2,1H3;2*1-2H2. The zero-order valence-corrected chi connectivity index (χ0v) is 12.1. The minimum Gasteiger partial charge on any atom is -0.395 e. The Hall–Kier alpha value is -1.70. The van der Waals surface area contributed by atoms with E-state index in [2.05, 4.69) is 26.3 Å². The fourth-order valence-electron chi connectivity index (χ4n) is 1.12. The van der Waals surface area contributed by atoms with Crippen molar-refractivity contribution < 1.29 is 25.1 Å². The van der Waals surface area contributed by atoms with Gasteiger partial charge in [-0.15, -0.1) is 26.3 Å². The molecule has 0 saturated heterocycles. The van der Waals surface area contributed by atoms with E-state index in [9.17, 15) is 9.59 Å². The minimum absolute atomic E-state index is 0.00993. The average molecular weight is 290 g/mol. The normalized spacial score (nSPS) is 8.40. The first-order chi connectivity index (χ1) is 9.49. The molecular formula is C13H26N2O5. The number of unbranched alkanes of at least 4 members (excludes halogenated alkanes) is 1. The van der Waals surface area contributed by atoms with Crippen LogP contribution in [-0.4, -0.2) is 57.7 Å². The van der Waals surface area contributed by atoms with E-state index in [4.69, 9.17) is 15.5 Å². The third-order valence-corrected chi connectivity index (χ3v) is 2.12. The van der Waals surface area contributed by atoms with Crippen LogP contribution in [-0.2, 0) is 9.59 Å². The SMILES string of the molecule is C=C.C=C.CN(CCO)C(=O)CCCCC(=O)N(O)O. The van der Waals surface area contributed by atoms with Crippen LogP contribution in [0, 0.1) is 0 Å². The van der Waals surface area contributed by atoms with Crippen molar-refractivity contribution in [1.82, 2.24) is 10.1 Å². The molecule has 0 aromatic carbocycles. The molecule has 0 aliphatic rings. The fourth-order valence-corrected chi connectivity index (χ4v) is 1.12. The average Bonchev–Trinajstić information content (AvgIpc) is 2.47. The van der Waals surface area contributed by atoms with Crippen LogP contribution in [0.5, 0.6) is 0 Å².